The SMILES string of the molecule is CCC=CC1(C2CC=Cc3c(N)cc4c(c32)NC(C)C2=C4C(c3ccccc3)(c3ccccc3)CC2(C)C)CC1. The monoisotopic (exact) mass is 526 g/mol. The number of benzene rings is 3. The van der Waals surface area contributed by atoms with Crippen molar-refractivity contribution in [3.8, 4) is 0 Å². The molecule has 40 heavy (non-hydrogen) atoms. The van der Waals surface area contributed by atoms with Crippen LogP contribution in [0.3, 0.4) is 0 Å². The van der Waals surface area contributed by atoms with Gasteiger partial charge < -0.3 is 11.1 Å². The Morgan fingerprint density at radius 2 is 1.62 bits per heavy atom. The highest BCUT2D eigenvalue weighted by molar-refractivity contribution is 5.97. The molecule has 3 aromatic rings. The number of hydrogen-bond donors (Lipinski definition) is 2. The molecule has 0 bridgehead atoms. The second kappa shape index (κ2) is 8.99. The molecule has 1 heterocycles. The van der Waals surface area contributed by atoms with Gasteiger partial charge in [-0.25, -0.2) is 0 Å². The topological polar surface area (TPSA) is 38.0 Å². The summed E-state index contributed by atoms with van der Waals surface area (Å²) in [7, 11) is 0. The van der Waals surface area contributed by atoms with E-state index in [0.29, 0.717) is 5.92 Å². The molecule has 0 radical (unpaired) electrons. The van der Waals surface area contributed by atoms with E-state index in [-0.39, 0.29) is 22.3 Å². The van der Waals surface area contributed by atoms with Gasteiger partial charge in [0.05, 0.1) is 0 Å². The summed E-state index contributed by atoms with van der Waals surface area (Å²) in [5, 5.41) is 4.10. The minimum Gasteiger partial charge on any atom is -0.398 e. The first-order valence-electron chi connectivity index (χ1n) is 15.3. The van der Waals surface area contributed by atoms with E-state index in [9.17, 15) is 0 Å². The zero-order valence-electron chi connectivity index (χ0n) is 24.4. The van der Waals surface area contributed by atoms with Crippen LogP contribution >= 0.6 is 0 Å². The summed E-state index contributed by atoms with van der Waals surface area (Å²) in [5.74, 6) is 0.451. The standard InChI is InChI=1S/C38H42N2/c1-5-6-20-37(21-22-37)30-19-13-18-28-31(39)23-29-34-33(25(2)40-35(29)32(28)30)36(3,4)24-38(34,26-14-9-7-10-15-26)27-16-11-8-12-17-27/h6-18,20,23,25,30,40H,5,19,21-22,24,39H2,1-4H3. The van der Waals surface area contributed by atoms with Gasteiger partial charge in [0.25, 0.3) is 0 Å². The van der Waals surface area contributed by atoms with Crippen LogP contribution in [-0.4, -0.2) is 6.04 Å². The lowest BCUT2D eigenvalue weighted by Gasteiger charge is -2.41. The summed E-state index contributed by atoms with van der Waals surface area (Å²) in [5.41, 5.74) is 19.1. The minimum absolute atomic E-state index is 0.0245. The van der Waals surface area contributed by atoms with Crippen molar-refractivity contribution in [3.05, 3.63) is 118 Å². The van der Waals surface area contributed by atoms with Gasteiger partial charge in [-0.2, -0.15) is 0 Å². The van der Waals surface area contributed by atoms with Crippen LogP contribution in [0, 0.1) is 10.8 Å². The summed E-state index contributed by atoms with van der Waals surface area (Å²) in [6.07, 6.45) is 15.3. The number of rotatable bonds is 5. The van der Waals surface area contributed by atoms with Gasteiger partial charge in [-0.05, 0) is 89.7 Å². The molecular weight excluding hydrogens is 484 g/mol. The maximum Gasteiger partial charge on any atom is 0.0466 e. The normalized spacial score (nSPS) is 24.8. The third-order valence-corrected chi connectivity index (χ3v) is 10.4. The average Bonchev–Trinajstić information content (AvgIpc) is 3.71. The molecule has 2 heteroatoms. The molecule has 0 aromatic heterocycles. The maximum atomic E-state index is 7.02. The van der Waals surface area contributed by atoms with E-state index in [1.165, 1.54) is 57.5 Å². The van der Waals surface area contributed by atoms with E-state index in [2.05, 4.69) is 124 Å². The first-order chi connectivity index (χ1) is 19.3. The molecule has 1 fully saturated rings. The van der Waals surface area contributed by atoms with E-state index in [0.717, 1.165) is 24.9 Å². The van der Waals surface area contributed by atoms with E-state index in [1.807, 2.05) is 0 Å². The Balaban J connectivity index is 1.55. The molecule has 0 saturated heterocycles. The van der Waals surface area contributed by atoms with Gasteiger partial charge in [0, 0.05) is 34.0 Å². The Kier molecular flexibility index (Phi) is 5.72. The Labute approximate surface area is 240 Å². The molecular formula is C38H42N2. The van der Waals surface area contributed by atoms with Crippen molar-refractivity contribution >= 4 is 23.0 Å². The zero-order valence-corrected chi connectivity index (χ0v) is 24.4. The van der Waals surface area contributed by atoms with Crippen molar-refractivity contribution in [1.29, 1.82) is 0 Å². The van der Waals surface area contributed by atoms with Crippen LogP contribution in [0.5, 0.6) is 0 Å². The summed E-state index contributed by atoms with van der Waals surface area (Å²) in [6, 6.07) is 25.0. The third kappa shape index (κ3) is 3.54. The molecule has 2 nitrogen and oxygen atoms in total. The second-order valence-corrected chi connectivity index (χ2v) is 13.3. The predicted octanol–water partition coefficient (Wildman–Crippen LogP) is 9.50. The van der Waals surface area contributed by atoms with Crippen LogP contribution < -0.4 is 11.1 Å². The lowest BCUT2D eigenvalue weighted by atomic mass is 9.65. The highest BCUT2D eigenvalue weighted by Gasteiger charge is 2.56. The first kappa shape index (κ1) is 25.4. The Hall–Kier alpha value is -3.52. The molecule has 4 aliphatic rings. The van der Waals surface area contributed by atoms with Crippen LogP contribution in [0.4, 0.5) is 11.4 Å². The quantitative estimate of drug-likeness (QED) is 0.257. The average molecular weight is 527 g/mol. The largest absolute Gasteiger partial charge is 0.398 e. The predicted molar refractivity (Wildman–Crippen MR) is 170 cm³/mol. The van der Waals surface area contributed by atoms with Gasteiger partial charge in [0.2, 0.25) is 0 Å². The fourth-order valence-corrected chi connectivity index (χ4v) is 8.72. The van der Waals surface area contributed by atoms with Gasteiger partial charge in [-0.15, -0.1) is 0 Å². The van der Waals surface area contributed by atoms with Crippen molar-refractivity contribution in [2.75, 3.05) is 11.1 Å². The lowest BCUT2D eigenvalue weighted by Crippen LogP contribution is -2.32. The first-order valence-corrected chi connectivity index (χ1v) is 15.3. The molecule has 1 saturated carbocycles. The molecule has 2 unspecified atom stereocenters. The maximum absolute atomic E-state index is 7.02. The molecule has 2 atom stereocenters. The number of fused-ring (bicyclic) bond motifs is 4. The Bertz CT molecular complexity index is 1510. The fourth-order valence-electron chi connectivity index (χ4n) is 8.72. The smallest absolute Gasteiger partial charge is 0.0466 e. The number of allylic oxidation sites excluding steroid dienone is 4. The van der Waals surface area contributed by atoms with Crippen molar-refractivity contribution in [2.24, 2.45) is 10.8 Å². The van der Waals surface area contributed by atoms with E-state index >= 15 is 0 Å². The summed E-state index contributed by atoms with van der Waals surface area (Å²) in [6.45, 7) is 9.52. The van der Waals surface area contributed by atoms with E-state index in [4.69, 9.17) is 5.73 Å². The number of nitrogen functional groups attached to an aromatic ring is 1. The highest BCUT2D eigenvalue weighted by Crippen LogP contribution is 2.67. The van der Waals surface area contributed by atoms with Crippen LogP contribution in [0.15, 0.2) is 90.5 Å². The summed E-state index contributed by atoms with van der Waals surface area (Å²) in [4.78, 5) is 0. The van der Waals surface area contributed by atoms with Crippen molar-refractivity contribution in [3.63, 3.8) is 0 Å². The molecule has 3 aromatic carbocycles. The van der Waals surface area contributed by atoms with Gasteiger partial charge in [0.1, 0.15) is 0 Å². The second-order valence-electron chi connectivity index (χ2n) is 13.3. The van der Waals surface area contributed by atoms with Gasteiger partial charge in [-0.1, -0.05) is 106 Å². The molecule has 3 N–H and O–H groups in total. The molecule has 3 aliphatic carbocycles. The van der Waals surface area contributed by atoms with Crippen molar-refractivity contribution < 1.29 is 0 Å². The van der Waals surface area contributed by atoms with E-state index in [1.54, 1.807) is 0 Å². The van der Waals surface area contributed by atoms with Crippen LogP contribution in [0.2, 0.25) is 0 Å². The molecule has 1 aliphatic heterocycles. The molecule has 7 rings (SSSR count). The van der Waals surface area contributed by atoms with Gasteiger partial charge in [0.15, 0.2) is 0 Å². The van der Waals surface area contributed by atoms with Gasteiger partial charge >= 0.3 is 0 Å². The minimum atomic E-state index is -0.244. The van der Waals surface area contributed by atoms with Crippen LogP contribution in [0.1, 0.15) is 93.5 Å². The summed E-state index contributed by atoms with van der Waals surface area (Å²) >= 11 is 0. The number of anilines is 2. The molecule has 204 valence electrons. The van der Waals surface area contributed by atoms with Crippen LogP contribution in [-0.2, 0) is 5.41 Å². The molecule has 0 spiro atoms. The lowest BCUT2D eigenvalue weighted by molar-refractivity contribution is 0.376. The fraction of sp³-hybridized carbons (Fsp3) is 0.368. The Morgan fingerprint density at radius 3 is 2.23 bits per heavy atom. The van der Waals surface area contributed by atoms with Gasteiger partial charge in [-0.3, -0.25) is 0 Å². The highest BCUT2D eigenvalue weighted by atomic mass is 15.0. The number of nitrogens with two attached hydrogens (primary N) is 1. The zero-order chi connectivity index (χ0) is 27.7. The van der Waals surface area contributed by atoms with Crippen molar-refractivity contribution in [1.82, 2.24) is 0 Å². The number of nitrogens with one attached hydrogen (secondary N) is 1. The van der Waals surface area contributed by atoms with Crippen molar-refractivity contribution in [2.45, 2.75) is 77.2 Å². The third-order valence-electron chi connectivity index (χ3n) is 10.4. The number of hydrogen-bond acceptors (Lipinski definition) is 2. The molecule has 0 amide bonds. The Morgan fingerprint density at radius 1 is 0.975 bits per heavy atom. The summed E-state index contributed by atoms with van der Waals surface area (Å²) < 4.78 is 0. The van der Waals surface area contributed by atoms with Crippen LogP contribution in [0.25, 0.3) is 11.6 Å². The van der Waals surface area contributed by atoms with E-state index < -0.39 is 0 Å².